The second-order valence-corrected chi connectivity index (χ2v) is 5.94. The molecule has 2 heterocycles. The van der Waals surface area contributed by atoms with Crippen molar-refractivity contribution in [3.05, 3.63) is 0 Å². The fourth-order valence-electron chi connectivity index (χ4n) is 3.60. The molecule has 120 valence electrons. The van der Waals surface area contributed by atoms with E-state index in [1.807, 2.05) is 4.90 Å². The number of carbonyl (C=O) groups excluding carboxylic acids is 2. The van der Waals surface area contributed by atoms with Crippen molar-refractivity contribution in [1.82, 2.24) is 15.1 Å². The largest absolute Gasteiger partial charge is 0.383 e. The second kappa shape index (κ2) is 7.75. The van der Waals surface area contributed by atoms with Gasteiger partial charge in [-0.1, -0.05) is 0 Å². The van der Waals surface area contributed by atoms with Gasteiger partial charge < -0.3 is 15.0 Å². The van der Waals surface area contributed by atoms with E-state index in [1.165, 1.54) is 0 Å². The van der Waals surface area contributed by atoms with Gasteiger partial charge in [0, 0.05) is 39.2 Å². The maximum atomic E-state index is 12.0. The van der Waals surface area contributed by atoms with Crippen LogP contribution in [0.1, 0.15) is 32.6 Å². The molecule has 2 aliphatic rings. The summed E-state index contributed by atoms with van der Waals surface area (Å²) in [4.78, 5) is 27.9. The number of hydrogen-bond acceptors (Lipinski definition) is 4. The molecule has 0 aliphatic carbocycles. The minimum Gasteiger partial charge on any atom is -0.383 e. The van der Waals surface area contributed by atoms with Gasteiger partial charge in [-0.25, -0.2) is 0 Å². The first-order chi connectivity index (χ1) is 10.1. The van der Waals surface area contributed by atoms with Crippen LogP contribution < -0.4 is 5.32 Å². The molecule has 2 aliphatic heterocycles. The highest BCUT2D eigenvalue weighted by Crippen LogP contribution is 2.29. The van der Waals surface area contributed by atoms with E-state index >= 15 is 0 Å². The zero-order valence-corrected chi connectivity index (χ0v) is 13.1. The molecule has 21 heavy (non-hydrogen) atoms. The molecule has 1 N–H and O–H groups in total. The van der Waals surface area contributed by atoms with Gasteiger partial charge >= 0.3 is 0 Å². The van der Waals surface area contributed by atoms with Gasteiger partial charge in [-0.3, -0.25) is 14.5 Å². The summed E-state index contributed by atoms with van der Waals surface area (Å²) in [5.41, 5.74) is 0. The molecule has 0 aromatic rings. The summed E-state index contributed by atoms with van der Waals surface area (Å²) in [7, 11) is 1.62. The van der Waals surface area contributed by atoms with Gasteiger partial charge in [-0.15, -0.1) is 0 Å². The molecule has 0 aromatic carbocycles. The second-order valence-electron chi connectivity index (χ2n) is 5.94. The fraction of sp³-hybridized carbons (Fsp3) is 0.867. The number of ether oxygens (including phenoxy) is 1. The average molecular weight is 297 g/mol. The highest BCUT2D eigenvalue weighted by molar-refractivity contribution is 5.78. The summed E-state index contributed by atoms with van der Waals surface area (Å²) in [5, 5.41) is 2.87. The van der Waals surface area contributed by atoms with Crippen LogP contribution in [0.3, 0.4) is 0 Å². The highest BCUT2D eigenvalue weighted by atomic mass is 16.5. The van der Waals surface area contributed by atoms with Crippen LogP contribution in [0.15, 0.2) is 0 Å². The molecular weight excluding hydrogens is 270 g/mol. The number of nitrogens with zero attached hydrogens (tertiary/aromatic N) is 2. The number of rotatable bonds is 6. The number of amides is 2. The standard InChI is InChI=1S/C15H27N3O3/c1-12(19)18-9-4-6-14(18)13-5-3-8-17(13)11-15(20)16-7-10-21-2/h13-14H,3-11H2,1-2H3,(H,16,20)/t13-,14+/m0/s1. The van der Waals surface area contributed by atoms with Crippen molar-refractivity contribution in [2.24, 2.45) is 0 Å². The topological polar surface area (TPSA) is 61.9 Å². The average Bonchev–Trinajstić information content (AvgIpc) is 3.06. The maximum Gasteiger partial charge on any atom is 0.234 e. The Bertz CT molecular complexity index is 375. The van der Waals surface area contributed by atoms with Crippen molar-refractivity contribution >= 4 is 11.8 Å². The molecule has 0 spiro atoms. The van der Waals surface area contributed by atoms with Crippen molar-refractivity contribution in [3.63, 3.8) is 0 Å². The monoisotopic (exact) mass is 297 g/mol. The summed E-state index contributed by atoms with van der Waals surface area (Å²) < 4.78 is 4.93. The van der Waals surface area contributed by atoms with Crippen LogP contribution in [-0.4, -0.2) is 73.6 Å². The van der Waals surface area contributed by atoms with Crippen LogP contribution >= 0.6 is 0 Å². The van der Waals surface area contributed by atoms with E-state index in [-0.39, 0.29) is 17.9 Å². The van der Waals surface area contributed by atoms with Crippen LogP contribution in [0.25, 0.3) is 0 Å². The smallest absolute Gasteiger partial charge is 0.234 e. The number of carbonyl (C=O) groups is 2. The summed E-state index contributed by atoms with van der Waals surface area (Å²) >= 11 is 0. The van der Waals surface area contributed by atoms with E-state index in [4.69, 9.17) is 4.74 Å². The lowest BCUT2D eigenvalue weighted by Gasteiger charge is -2.34. The van der Waals surface area contributed by atoms with E-state index < -0.39 is 0 Å². The minimum atomic E-state index is 0.0475. The number of nitrogens with one attached hydrogen (secondary N) is 1. The van der Waals surface area contributed by atoms with Crippen molar-refractivity contribution < 1.29 is 14.3 Å². The third-order valence-electron chi connectivity index (χ3n) is 4.54. The molecule has 0 saturated carbocycles. The van der Waals surface area contributed by atoms with Gasteiger partial charge in [0.1, 0.15) is 0 Å². The summed E-state index contributed by atoms with van der Waals surface area (Å²) in [6.45, 7) is 4.98. The Labute approximate surface area is 126 Å². The van der Waals surface area contributed by atoms with Gasteiger partial charge in [-0.2, -0.15) is 0 Å². The Balaban J connectivity index is 1.88. The molecule has 0 radical (unpaired) electrons. The normalized spacial score (nSPS) is 26.3. The third kappa shape index (κ3) is 4.17. The maximum absolute atomic E-state index is 12.0. The van der Waals surface area contributed by atoms with Crippen LogP contribution in [0.5, 0.6) is 0 Å². The third-order valence-corrected chi connectivity index (χ3v) is 4.54. The molecule has 0 aromatic heterocycles. The molecule has 2 rings (SSSR count). The highest BCUT2D eigenvalue weighted by Gasteiger charge is 2.39. The Morgan fingerprint density at radius 1 is 1.19 bits per heavy atom. The summed E-state index contributed by atoms with van der Waals surface area (Å²) in [6, 6.07) is 0.626. The SMILES string of the molecule is COCCNC(=O)CN1CCC[C@H]1[C@H]1CCCN1C(C)=O. The van der Waals surface area contributed by atoms with E-state index in [0.29, 0.717) is 25.7 Å². The molecule has 6 nitrogen and oxygen atoms in total. The van der Waals surface area contributed by atoms with Crippen LogP contribution in [0, 0.1) is 0 Å². The molecule has 2 saturated heterocycles. The van der Waals surface area contributed by atoms with Crippen molar-refractivity contribution in [2.45, 2.75) is 44.7 Å². The lowest BCUT2D eigenvalue weighted by atomic mass is 10.0. The van der Waals surface area contributed by atoms with Crippen molar-refractivity contribution in [3.8, 4) is 0 Å². The van der Waals surface area contributed by atoms with Crippen LogP contribution in [-0.2, 0) is 14.3 Å². The first-order valence-corrected chi connectivity index (χ1v) is 7.90. The Kier molecular flexibility index (Phi) is 5.99. The predicted molar refractivity (Wildman–Crippen MR) is 79.9 cm³/mol. The molecule has 6 heteroatoms. The van der Waals surface area contributed by atoms with E-state index in [2.05, 4.69) is 10.2 Å². The summed E-state index contributed by atoms with van der Waals surface area (Å²) in [6.07, 6.45) is 4.33. The van der Waals surface area contributed by atoms with Gasteiger partial charge in [-0.05, 0) is 32.2 Å². The Morgan fingerprint density at radius 2 is 1.90 bits per heavy atom. The molecule has 0 bridgehead atoms. The molecule has 2 atom stereocenters. The van der Waals surface area contributed by atoms with E-state index in [9.17, 15) is 9.59 Å². The van der Waals surface area contributed by atoms with Crippen LogP contribution in [0.4, 0.5) is 0 Å². The fourth-order valence-corrected chi connectivity index (χ4v) is 3.60. The zero-order chi connectivity index (χ0) is 15.2. The van der Waals surface area contributed by atoms with Gasteiger partial charge in [0.2, 0.25) is 11.8 Å². The minimum absolute atomic E-state index is 0.0475. The van der Waals surface area contributed by atoms with E-state index in [0.717, 1.165) is 38.8 Å². The molecule has 0 unspecified atom stereocenters. The zero-order valence-electron chi connectivity index (χ0n) is 13.1. The Hall–Kier alpha value is -1.14. The lowest BCUT2D eigenvalue weighted by molar-refractivity contribution is -0.130. The van der Waals surface area contributed by atoms with E-state index in [1.54, 1.807) is 14.0 Å². The predicted octanol–water partition coefficient (Wildman–Crippen LogP) is 0.224. The Morgan fingerprint density at radius 3 is 2.62 bits per heavy atom. The summed E-state index contributed by atoms with van der Waals surface area (Å²) in [5.74, 6) is 0.209. The van der Waals surface area contributed by atoms with Gasteiger partial charge in [0.05, 0.1) is 13.2 Å². The quantitative estimate of drug-likeness (QED) is 0.713. The first-order valence-electron chi connectivity index (χ1n) is 7.90. The van der Waals surface area contributed by atoms with Gasteiger partial charge in [0.15, 0.2) is 0 Å². The molecule has 2 amide bonds. The number of likely N-dealkylation sites (tertiary alicyclic amines) is 2. The van der Waals surface area contributed by atoms with Crippen LogP contribution in [0.2, 0.25) is 0 Å². The molecular formula is C15H27N3O3. The number of hydrogen-bond donors (Lipinski definition) is 1. The van der Waals surface area contributed by atoms with Crippen molar-refractivity contribution in [2.75, 3.05) is 39.9 Å². The lowest BCUT2D eigenvalue weighted by Crippen LogP contribution is -2.50. The van der Waals surface area contributed by atoms with Gasteiger partial charge in [0.25, 0.3) is 0 Å². The van der Waals surface area contributed by atoms with Crippen molar-refractivity contribution in [1.29, 1.82) is 0 Å². The molecule has 2 fully saturated rings. The first kappa shape index (κ1) is 16.2. The number of methoxy groups -OCH3 is 1.